The summed E-state index contributed by atoms with van der Waals surface area (Å²) in [5.41, 5.74) is 2.98. The second-order valence-corrected chi connectivity index (χ2v) is 6.95. The second-order valence-electron chi connectivity index (χ2n) is 6.95. The van der Waals surface area contributed by atoms with E-state index < -0.39 is 0 Å². The Morgan fingerprint density at radius 2 is 2.15 bits per heavy atom. The Morgan fingerprint density at radius 1 is 1.22 bits per heavy atom. The van der Waals surface area contributed by atoms with Crippen LogP contribution in [-0.4, -0.2) is 44.9 Å². The van der Waals surface area contributed by atoms with E-state index in [1.807, 2.05) is 31.6 Å². The first kappa shape index (κ1) is 17.5. The van der Waals surface area contributed by atoms with Crippen molar-refractivity contribution in [3.8, 4) is 17.1 Å². The van der Waals surface area contributed by atoms with Crippen LogP contribution in [0.1, 0.15) is 18.4 Å². The number of aryl methyl sites for hydroxylation is 1. The summed E-state index contributed by atoms with van der Waals surface area (Å²) in [7, 11) is 3.55. The zero-order valence-electron chi connectivity index (χ0n) is 15.7. The predicted octanol–water partition coefficient (Wildman–Crippen LogP) is 2.74. The van der Waals surface area contributed by atoms with Gasteiger partial charge in [-0.1, -0.05) is 6.07 Å². The Hall–Kier alpha value is -2.96. The number of nitrogens with zero attached hydrogens (tertiary/aromatic N) is 6. The smallest absolute Gasteiger partial charge is 0.226 e. The molecule has 1 aliphatic rings. The number of aromatic nitrogens is 5. The maximum absolute atomic E-state index is 5.48. The molecule has 4 rings (SSSR count). The molecule has 0 radical (unpaired) electrons. The van der Waals surface area contributed by atoms with Crippen molar-refractivity contribution in [3.05, 3.63) is 48.5 Å². The van der Waals surface area contributed by atoms with Crippen LogP contribution in [-0.2, 0) is 13.5 Å². The van der Waals surface area contributed by atoms with Gasteiger partial charge in [-0.05, 0) is 42.9 Å². The van der Waals surface area contributed by atoms with Crippen molar-refractivity contribution >= 4 is 5.95 Å². The average Bonchev–Trinajstić information content (AvgIpc) is 3.14. The van der Waals surface area contributed by atoms with Crippen LogP contribution >= 0.6 is 0 Å². The Morgan fingerprint density at radius 3 is 2.89 bits per heavy atom. The number of piperidine rings is 1. The fourth-order valence-electron chi connectivity index (χ4n) is 3.72. The van der Waals surface area contributed by atoms with Crippen LogP contribution in [0.25, 0.3) is 11.4 Å². The van der Waals surface area contributed by atoms with Gasteiger partial charge in [-0.3, -0.25) is 9.67 Å². The van der Waals surface area contributed by atoms with Gasteiger partial charge in [0.05, 0.1) is 19.0 Å². The molecule has 1 atom stereocenters. The molecular weight excluding hydrogens is 340 g/mol. The molecule has 0 N–H and O–H groups in total. The Bertz CT molecular complexity index is 894. The Balaban J connectivity index is 1.56. The highest BCUT2D eigenvalue weighted by Gasteiger charge is 2.23. The molecule has 7 nitrogen and oxygen atoms in total. The van der Waals surface area contributed by atoms with Crippen LogP contribution in [0.4, 0.5) is 5.95 Å². The third-order valence-corrected chi connectivity index (χ3v) is 5.07. The zero-order chi connectivity index (χ0) is 18.6. The third kappa shape index (κ3) is 3.77. The van der Waals surface area contributed by atoms with E-state index in [4.69, 9.17) is 9.72 Å². The molecule has 140 valence electrons. The topological polar surface area (TPSA) is 69.0 Å². The van der Waals surface area contributed by atoms with Crippen molar-refractivity contribution < 1.29 is 4.74 Å². The predicted molar refractivity (Wildman–Crippen MR) is 104 cm³/mol. The maximum Gasteiger partial charge on any atom is 0.226 e. The molecule has 0 aromatic carbocycles. The standard InChI is InChI=1S/C20H24N6O/c1-25-17(7-9-23-25)19-18(27-2)13-22-20(24-19)26-10-4-6-16(14-26)11-15-5-3-8-21-12-15/h3,5,7-9,12-13,16H,4,6,10-11,14H2,1-2H3/t16-/m0/s1. The van der Waals surface area contributed by atoms with Crippen LogP contribution in [0.2, 0.25) is 0 Å². The molecule has 27 heavy (non-hydrogen) atoms. The lowest BCUT2D eigenvalue weighted by Crippen LogP contribution is -2.37. The molecule has 0 spiro atoms. The van der Waals surface area contributed by atoms with Gasteiger partial charge >= 0.3 is 0 Å². The fraction of sp³-hybridized carbons (Fsp3) is 0.400. The summed E-state index contributed by atoms with van der Waals surface area (Å²) in [6, 6.07) is 6.09. The molecular formula is C20H24N6O. The van der Waals surface area contributed by atoms with Crippen LogP contribution in [0, 0.1) is 5.92 Å². The van der Waals surface area contributed by atoms with Gasteiger partial charge in [0, 0.05) is 38.7 Å². The number of anilines is 1. The minimum Gasteiger partial charge on any atom is -0.493 e. The van der Waals surface area contributed by atoms with Crippen molar-refractivity contribution in [1.29, 1.82) is 0 Å². The molecule has 0 aliphatic carbocycles. The molecule has 1 fully saturated rings. The van der Waals surface area contributed by atoms with Crippen LogP contribution in [0.15, 0.2) is 43.0 Å². The van der Waals surface area contributed by atoms with E-state index in [1.54, 1.807) is 24.2 Å². The van der Waals surface area contributed by atoms with Crippen molar-refractivity contribution in [2.24, 2.45) is 13.0 Å². The lowest BCUT2D eigenvalue weighted by Gasteiger charge is -2.33. The van der Waals surface area contributed by atoms with Gasteiger partial charge in [0.25, 0.3) is 0 Å². The van der Waals surface area contributed by atoms with Gasteiger partial charge < -0.3 is 9.64 Å². The summed E-state index contributed by atoms with van der Waals surface area (Å²) in [5.74, 6) is 1.99. The molecule has 0 amide bonds. The summed E-state index contributed by atoms with van der Waals surface area (Å²) in [4.78, 5) is 15.9. The quantitative estimate of drug-likeness (QED) is 0.693. The number of hydrogen-bond donors (Lipinski definition) is 0. The van der Waals surface area contributed by atoms with Crippen LogP contribution in [0.3, 0.4) is 0 Å². The summed E-state index contributed by atoms with van der Waals surface area (Å²) >= 11 is 0. The number of rotatable bonds is 5. The summed E-state index contributed by atoms with van der Waals surface area (Å²) in [6.07, 6.45) is 10.7. The van der Waals surface area contributed by atoms with E-state index in [0.29, 0.717) is 11.7 Å². The molecule has 4 heterocycles. The maximum atomic E-state index is 5.48. The minimum atomic E-state index is 0.578. The van der Waals surface area contributed by atoms with Crippen molar-refractivity contribution in [2.75, 3.05) is 25.1 Å². The highest BCUT2D eigenvalue weighted by atomic mass is 16.5. The van der Waals surface area contributed by atoms with Gasteiger partial charge in [0.1, 0.15) is 5.69 Å². The van der Waals surface area contributed by atoms with Crippen molar-refractivity contribution in [1.82, 2.24) is 24.7 Å². The monoisotopic (exact) mass is 364 g/mol. The van der Waals surface area contributed by atoms with Gasteiger partial charge in [0.2, 0.25) is 5.95 Å². The molecule has 0 unspecified atom stereocenters. The summed E-state index contributed by atoms with van der Waals surface area (Å²) in [5, 5.41) is 4.25. The number of pyridine rings is 1. The van der Waals surface area contributed by atoms with E-state index >= 15 is 0 Å². The molecule has 1 saturated heterocycles. The second kappa shape index (κ2) is 7.73. The third-order valence-electron chi connectivity index (χ3n) is 5.07. The van der Waals surface area contributed by atoms with Crippen molar-refractivity contribution in [2.45, 2.75) is 19.3 Å². The van der Waals surface area contributed by atoms with E-state index in [1.165, 1.54) is 12.0 Å². The first-order valence-corrected chi connectivity index (χ1v) is 9.28. The summed E-state index contributed by atoms with van der Waals surface area (Å²) < 4.78 is 7.28. The lowest BCUT2D eigenvalue weighted by atomic mass is 9.92. The Labute approximate surface area is 159 Å². The normalized spacial score (nSPS) is 17.1. The average molecular weight is 364 g/mol. The SMILES string of the molecule is COc1cnc(N2CCC[C@@H](Cc3cccnc3)C2)nc1-c1ccnn1C. The van der Waals surface area contributed by atoms with Gasteiger partial charge in [0.15, 0.2) is 5.75 Å². The molecule has 0 bridgehead atoms. The first-order valence-electron chi connectivity index (χ1n) is 9.28. The molecule has 7 heteroatoms. The first-order chi connectivity index (χ1) is 13.2. The van der Waals surface area contributed by atoms with Crippen LogP contribution < -0.4 is 9.64 Å². The van der Waals surface area contributed by atoms with E-state index in [-0.39, 0.29) is 0 Å². The van der Waals surface area contributed by atoms with E-state index in [2.05, 4.69) is 26.0 Å². The molecule has 3 aromatic rings. The minimum absolute atomic E-state index is 0.578. The van der Waals surface area contributed by atoms with Crippen LogP contribution in [0.5, 0.6) is 5.75 Å². The Kier molecular flexibility index (Phi) is 5.00. The van der Waals surface area contributed by atoms with Gasteiger partial charge in [-0.25, -0.2) is 9.97 Å². The zero-order valence-corrected chi connectivity index (χ0v) is 15.7. The number of ether oxygens (including phenoxy) is 1. The molecule has 0 saturated carbocycles. The lowest BCUT2D eigenvalue weighted by molar-refractivity contribution is 0.403. The fourth-order valence-corrected chi connectivity index (χ4v) is 3.72. The van der Waals surface area contributed by atoms with Gasteiger partial charge in [-0.15, -0.1) is 0 Å². The van der Waals surface area contributed by atoms with Gasteiger partial charge in [-0.2, -0.15) is 5.10 Å². The van der Waals surface area contributed by atoms with E-state index in [0.717, 1.165) is 43.3 Å². The van der Waals surface area contributed by atoms with E-state index in [9.17, 15) is 0 Å². The highest BCUT2D eigenvalue weighted by Crippen LogP contribution is 2.30. The largest absolute Gasteiger partial charge is 0.493 e. The summed E-state index contributed by atoms with van der Waals surface area (Å²) in [6.45, 7) is 1.92. The highest BCUT2D eigenvalue weighted by molar-refractivity contribution is 5.63. The van der Waals surface area contributed by atoms with Crippen molar-refractivity contribution in [3.63, 3.8) is 0 Å². The molecule has 3 aromatic heterocycles. The number of hydrogen-bond acceptors (Lipinski definition) is 6. The number of methoxy groups -OCH3 is 1. The molecule has 1 aliphatic heterocycles.